The number of hydrogen-bond donors (Lipinski definition) is 1. The number of esters is 1. The molecule has 0 radical (unpaired) electrons. The van der Waals surface area contributed by atoms with Crippen molar-refractivity contribution in [2.45, 2.75) is 65.5 Å². The SMILES string of the molecule is CC(C)(C)CC(C)(C)NC(=O)COC(=O)c1ccc(OC[C@@H]2CCCO2)cc1. The fourth-order valence-corrected chi connectivity index (χ4v) is 3.65. The van der Waals surface area contributed by atoms with Gasteiger partial charge in [-0.1, -0.05) is 20.8 Å². The molecule has 0 aliphatic carbocycles. The molecule has 0 aromatic heterocycles. The summed E-state index contributed by atoms with van der Waals surface area (Å²) in [4.78, 5) is 24.3. The van der Waals surface area contributed by atoms with Gasteiger partial charge in [0.1, 0.15) is 12.4 Å². The van der Waals surface area contributed by atoms with Crippen LogP contribution in [0.4, 0.5) is 0 Å². The Hall–Kier alpha value is -2.08. The number of carbonyl (C=O) groups excluding carboxylic acids is 2. The zero-order valence-electron chi connectivity index (χ0n) is 17.7. The molecule has 0 unspecified atom stereocenters. The average Bonchev–Trinajstić information content (AvgIpc) is 3.09. The van der Waals surface area contributed by atoms with E-state index in [1.165, 1.54) is 0 Å². The summed E-state index contributed by atoms with van der Waals surface area (Å²) in [5.74, 6) is -0.165. The lowest BCUT2D eigenvalue weighted by molar-refractivity contribution is -0.126. The highest BCUT2D eigenvalue weighted by Crippen LogP contribution is 2.26. The first-order valence-corrected chi connectivity index (χ1v) is 9.87. The van der Waals surface area contributed by atoms with Crippen molar-refractivity contribution in [3.8, 4) is 5.75 Å². The van der Waals surface area contributed by atoms with E-state index in [4.69, 9.17) is 14.2 Å². The van der Waals surface area contributed by atoms with Gasteiger partial charge in [-0.15, -0.1) is 0 Å². The minimum atomic E-state index is -0.533. The molecule has 2 rings (SSSR count). The Morgan fingerprint density at radius 2 is 1.82 bits per heavy atom. The summed E-state index contributed by atoms with van der Waals surface area (Å²) in [6.07, 6.45) is 3.04. The van der Waals surface area contributed by atoms with Crippen LogP contribution in [-0.2, 0) is 14.3 Å². The molecule has 1 atom stereocenters. The first kappa shape index (κ1) is 22.2. The van der Waals surface area contributed by atoms with Crippen molar-refractivity contribution in [2.75, 3.05) is 19.8 Å². The van der Waals surface area contributed by atoms with Gasteiger partial charge in [-0.05, 0) is 62.8 Å². The Morgan fingerprint density at radius 3 is 2.39 bits per heavy atom. The van der Waals surface area contributed by atoms with Crippen molar-refractivity contribution < 1.29 is 23.8 Å². The van der Waals surface area contributed by atoms with E-state index in [1.807, 2.05) is 13.8 Å². The summed E-state index contributed by atoms with van der Waals surface area (Å²) in [5, 5.41) is 2.92. The van der Waals surface area contributed by atoms with Gasteiger partial charge in [0.2, 0.25) is 0 Å². The Labute approximate surface area is 167 Å². The fraction of sp³-hybridized carbons (Fsp3) is 0.636. The summed E-state index contributed by atoms with van der Waals surface area (Å²) >= 11 is 0. The third-order valence-corrected chi connectivity index (χ3v) is 4.33. The number of benzene rings is 1. The standard InChI is InChI=1S/C22H33NO5/c1-21(2,3)15-22(4,5)23-19(24)14-28-20(25)16-8-10-17(11-9-16)27-13-18-7-6-12-26-18/h8-11,18H,6-7,12-15H2,1-5H3,(H,23,24)/t18-/m0/s1. The van der Waals surface area contributed by atoms with E-state index in [9.17, 15) is 9.59 Å². The molecule has 1 aromatic carbocycles. The third-order valence-electron chi connectivity index (χ3n) is 4.33. The van der Waals surface area contributed by atoms with Crippen LogP contribution >= 0.6 is 0 Å². The number of rotatable bonds is 8. The van der Waals surface area contributed by atoms with Crippen molar-refractivity contribution in [1.82, 2.24) is 5.32 Å². The Bertz CT molecular complexity index is 654. The molecule has 1 aromatic rings. The second-order valence-corrected chi connectivity index (χ2v) is 9.22. The van der Waals surface area contributed by atoms with E-state index in [1.54, 1.807) is 24.3 Å². The molecule has 1 aliphatic heterocycles. The van der Waals surface area contributed by atoms with Crippen LogP contribution in [0.25, 0.3) is 0 Å². The smallest absolute Gasteiger partial charge is 0.338 e. The summed E-state index contributed by atoms with van der Waals surface area (Å²) in [6, 6.07) is 6.71. The lowest BCUT2D eigenvalue weighted by Gasteiger charge is -2.33. The number of ether oxygens (including phenoxy) is 3. The lowest BCUT2D eigenvalue weighted by atomic mass is 9.82. The minimum Gasteiger partial charge on any atom is -0.491 e. The predicted octanol–water partition coefficient (Wildman–Crippen LogP) is 3.73. The maximum absolute atomic E-state index is 12.2. The topological polar surface area (TPSA) is 73.9 Å². The first-order valence-electron chi connectivity index (χ1n) is 9.87. The van der Waals surface area contributed by atoms with Crippen molar-refractivity contribution in [1.29, 1.82) is 0 Å². The van der Waals surface area contributed by atoms with Gasteiger partial charge in [0.15, 0.2) is 6.61 Å². The van der Waals surface area contributed by atoms with Crippen LogP contribution in [0.5, 0.6) is 5.75 Å². The molecule has 1 N–H and O–H groups in total. The summed E-state index contributed by atoms with van der Waals surface area (Å²) in [7, 11) is 0. The molecule has 1 saturated heterocycles. The van der Waals surface area contributed by atoms with Crippen LogP contribution in [0.3, 0.4) is 0 Å². The summed E-state index contributed by atoms with van der Waals surface area (Å²) in [6.45, 7) is 11.3. The van der Waals surface area contributed by atoms with Crippen LogP contribution in [0.15, 0.2) is 24.3 Å². The monoisotopic (exact) mass is 391 g/mol. The van der Waals surface area contributed by atoms with Gasteiger partial charge < -0.3 is 19.5 Å². The van der Waals surface area contributed by atoms with Gasteiger partial charge in [-0.3, -0.25) is 4.79 Å². The predicted molar refractivity (Wildman–Crippen MR) is 107 cm³/mol. The van der Waals surface area contributed by atoms with Gasteiger partial charge in [-0.25, -0.2) is 4.79 Å². The molecule has 156 valence electrons. The van der Waals surface area contributed by atoms with Gasteiger partial charge in [-0.2, -0.15) is 0 Å². The number of amides is 1. The molecule has 28 heavy (non-hydrogen) atoms. The zero-order valence-corrected chi connectivity index (χ0v) is 17.7. The van der Waals surface area contributed by atoms with Crippen LogP contribution in [0, 0.1) is 5.41 Å². The lowest BCUT2D eigenvalue weighted by Crippen LogP contribution is -2.47. The third kappa shape index (κ3) is 7.89. The van der Waals surface area contributed by atoms with E-state index in [0.717, 1.165) is 25.9 Å². The molecule has 1 fully saturated rings. The second kappa shape index (κ2) is 9.41. The van der Waals surface area contributed by atoms with Crippen molar-refractivity contribution in [3.05, 3.63) is 29.8 Å². The van der Waals surface area contributed by atoms with Crippen LogP contribution in [0.2, 0.25) is 0 Å². The van der Waals surface area contributed by atoms with E-state index in [2.05, 4.69) is 26.1 Å². The number of hydrogen-bond acceptors (Lipinski definition) is 5. The van der Waals surface area contributed by atoms with E-state index in [-0.39, 0.29) is 29.6 Å². The Kier molecular flexibility index (Phi) is 7.47. The largest absolute Gasteiger partial charge is 0.491 e. The normalized spacial score (nSPS) is 17.2. The van der Waals surface area contributed by atoms with Crippen LogP contribution in [-0.4, -0.2) is 43.3 Å². The molecule has 0 spiro atoms. The highest BCUT2D eigenvalue weighted by Gasteiger charge is 2.27. The van der Waals surface area contributed by atoms with Gasteiger partial charge in [0, 0.05) is 12.1 Å². The highest BCUT2D eigenvalue weighted by molar-refractivity contribution is 5.91. The maximum atomic E-state index is 12.2. The number of nitrogens with one attached hydrogen (secondary N) is 1. The van der Waals surface area contributed by atoms with Crippen molar-refractivity contribution in [3.63, 3.8) is 0 Å². The summed E-state index contributed by atoms with van der Waals surface area (Å²) in [5.41, 5.74) is 0.0940. The highest BCUT2D eigenvalue weighted by atomic mass is 16.5. The Balaban J connectivity index is 1.76. The summed E-state index contributed by atoms with van der Waals surface area (Å²) < 4.78 is 16.3. The molecule has 1 aliphatic rings. The van der Waals surface area contributed by atoms with E-state index >= 15 is 0 Å². The maximum Gasteiger partial charge on any atom is 0.338 e. The fourth-order valence-electron chi connectivity index (χ4n) is 3.65. The number of carbonyl (C=O) groups is 2. The zero-order chi connectivity index (χ0) is 20.8. The molecule has 0 bridgehead atoms. The molecule has 1 amide bonds. The van der Waals surface area contributed by atoms with Gasteiger partial charge in [0.25, 0.3) is 5.91 Å². The average molecular weight is 392 g/mol. The quantitative estimate of drug-likeness (QED) is 0.684. The van der Waals surface area contributed by atoms with Crippen LogP contribution < -0.4 is 10.1 Å². The van der Waals surface area contributed by atoms with Crippen molar-refractivity contribution in [2.24, 2.45) is 5.41 Å². The second-order valence-electron chi connectivity index (χ2n) is 9.22. The van der Waals surface area contributed by atoms with Gasteiger partial charge >= 0.3 is 5.97 Å². The molecule has 6 heteroatoms. The van der Waals surface area contributed by atoms with Crippen LogP contribution in [0.1, 0.15) is 64.2 Å². The van der Waals surface area contributed by atoms with E-state index < -0.39 is 5.97 Å². The molecule has 0 saturated carbocycles. The van der Waals surface area contributed by atoms with E-state index in [0.29, 0.717) is 17.9 Å². The van der Waals surface area contributed by atoms with Gasteiger partial charge in [0.05, 0.1) is 11.7 Å². The Morgan fingerprint density at radius 1 is 1.14 bits per heavy atom. The molecular formula is C22H33NO5. The molecular weight excluding hydrogens is 358 g/mol. The molecule has 1 heterocycles. The minimum absolute atomic E-state index is 0.0845. The molecule has 6 nitrogen and oxygen atoms in total. The van der Waals surface area contributed by atoms with Crippen molar-refractivity contribution >= 4 is 11.9 Å². The first-order chi connectivity index (χ1) is 13.0.